The third-order valence-electron chi connectivity index (χ3n) is 3.74. The maximum atomic E-state index is 12.7. The summed E-state index contributed by atoms with van der Waals surface area (Å²) >= 11 is 0. The second-order valence-corrected chi connectivity index (χ2v) is 5.26. The highest BCUT2D eigenvalue weighted by molar-refractivity contribution is 5.60. The van der Waals surface area contributed by atoms with Gasteiger partial charge in [-0.15, -0.1) is 0 Å². The Balaban J connectivity index is 2.70. The predicted molar refractivity (Wildman–Crippen MR) is 83.7 cm³/mol. The molecule has 2 atom stereocenters. The summed E-state index contributed by atoms with van der Waals surface area (Å²) in [5, 5.41) is 0. The first-order chi connectivity index (χ1) is 9.56. The minimum atomic E-state index is -0.248. The van der Waals surface area contributed by atoms with Crippen LogP contribution in [0.3, 0.4) is 0 Å². The van der Waals surface area contributed by atoms with E-state index >= 15 is 0 Å². The van der Waals surface area contributed by atoms with Crippen LogP contribution in [-0.4, -0.2) is 4.57 Å². The number of hydrogen-bond acceptors (Lipinski definition) is 2. The number of hydrogen-bond donors (Lipinski definition) is 1. The molecule has 2 aromatic rings. The van der Waals surface area contributed by atoms with Gasteiger partial charge in [0.15, 0.2) is 0 Å². The zero-order valence-electron chi connectivity index (χ0n) is 12.3. The number of nitrogens with zero attached hydrogens (tertiary/aromatic N) is 1. The topological polar surface area (TPSA) is 48.0 Å². The molecule has 0 aliphatic rings. The average molecular weight is 270 g/mol. The maximum Gasteiger partial charge on any atom is 0.256 e. The molecule has 3 nitrogen and oxygen atoms in total. The van der Waals surface area contributed by atoms with Crippen molar-refractivity contribution in [1.82, 2.24) is 4.57 Å². The van der Waals surface area contributed by atoms with Crippen LogP contribution in [0.2, 0.25) is 0 Å². The Morgan fingerprint density at radius 1 is 1.10 bits per heavy atom. The molecule has 2 N–H and O–H groups in total. The van der Waals surface area contributed by atoms with E-state index < -0.39 is 0 Å². The standard InChI is InChI=1S/C17H22N2O/c1-4-12(2)19-16(14-8-6-5-7-9-14)11-10-15(13(3)18)17(19)20/h5-13H,4,18H2,1-3H3. The van der Waals surface area contributed by atoms with Crippen molar-refractivity contribution in [2.75, 3.05) is 0 Å². The fourth-order valence-electron chi connectivity index (χ4n) is 2.38. The van der Waals surface area contributed by atoms with Crippen molar-refractivity contribution in [3.05, 3.63) is 58.4 Å². The Bertz CT molecular complexity index is 629. The third kappa shape index (κ3) is 2.68. The van der Waals surface area contributed by atoms with Gasteiger partial charge in [0.25, 0.3) is 5.56 Å². The van der Waals surface area contributed by atoms with Gasteiger partial charge in [-0.25, -0.2) is 0 Å². The zero-order valence-corrected chi connectivity index (χ0v) is 12.3. The van der Waals surface area contributed by atoms with Gasteiger partial charge < -0.3 is 10.3 Å². The van der Waals surface area contributed by atoms with E-state index in [1.165, 1.54) is 0 Å². The molecule has 20 heavy (non-hydrogen) atoms. The molecule has 0 radical (unpaired) electrons. The van der Waals surface area contributed by atoms with Gasteiger partial charge in [0.1, 0.15) is 0 Å². The molecule has 0 bridgehead atoms. The highest BCUT2D eigenvalue weighted by Crippen LogP contribution is 2.23. The van der Waals surface area contributed by atoms with Crippen LogP contribution in [-0.2, 0) is 0 Å². The Morgan fingerprint density at radius 3 is 2.30 bits per heavy atom. The van der Waals surface area contributed by atoms with Crippen LogP contribution in [0.4, 0.5) is 0 Å². The molecule has 3 heteroatoms. The Labute approximate surface area is 120 Å². The van der Waals surface area contributed by atoms with Crippen molar-refractivity contribution < 1.29 is 0 Å². The first kappa shape index (κ1) is 14.5. The highest BCUT2D eigenvalue weighted by Gasteiger charge is 2.16. The molecule has 0 aliphatic carbocycles. The smallest absolute Gasteiger partial charge is 0.256 e. The van der Waals surface area contributed by atoms with Crippen LogP contribution in [0.1, 0.15) is 44.8 Å². The van der Waals surface area contributed by atoms with Crippen molar-refractivity contribution in [1.29, 1.82) is 0 Å². The number of benzene rings is 1. The fraction of sp³-hybridized carbons (Fsp3) is 0.353. The second kappa shape index (κ2) is 6.06. The van der Waals surface area contributed by atoms with Crippen LogP contribution in [0.5, 0.6) is 0 Å². The molecule has 1 aromatic heterocycles. The summed E-state index contributed by atoms with van der Waals surface area (Å²) < 4.78 is 1.87. The van der Waals surface area contributed by atoms with Gasteiger partial charge >= 0.3 is 0 Å². The molecule has 106 valence electrons. The summed E-state index contributed by atoms with van der Waals surface area (Å²) in [5.74, 6) is 0. The van der Waals surface area contributed by atoms with E-state index in [9.17, 15) is 4.79 Å². The molecule has 0 spiro atoms. The first-order valence-electron chi connectivity index (χ1n) is 7.12. The lowest BCUT2D eigenvalue weighted by molar-refractivity contribution is 0.513. The molecular formula is C17H22N2O. The molecule has 0 aliphatic heterocycles. The average Bonchev–Trinajstić information content (AvgIpc) is 2.46. The maximum absolute atomic E-state index is 12.7. The Kier molecular flexibility index (Phi) is 4.40. The molecule has 1 heterocycles. The summed E-state index contributed by atoms with van der Waals surface area (Å²) in [4.78, 5) is 12.7. The summed E-state index contributed by atoms with van der Waals surface area (Å²) in [5.41, 5.74) is 8.61. The molecule has 1 aromatic carbocycles. The zero-order chi connectivity index (χ0) is 14.7. The van der Waals surface area contributed by atoms with E-state index in [0.717, 1.165) is 17.7 Å². The Morgan fingerprint density at radius 2 is 1.75 bits per heavy atom. The molecule has 0 fully saturated rings. The molecular weight excluding hydrogens is 248 g/mol. The van der Waals surface area contributed by atoms with Gasteiger partial charge in [0.2, 0.25) is 0 Å². The van der Waals surface area contributed by atoms with Crippen LogP contribution in [0, 0.1) is 0 Å². The van der Waals surface area contributed by atoms with Gasteiger partial charge in [-0.3, -0.25) is 4.79 Å². The summed E-state index contributed by atoms with van der Waals surface area (Å²) in [7, 11) is 0. The van der Waals surface area contributed by atoms with E-state index in [4.69, 9.17) is 5.73 Å². The number of aromatic nitrogens is 1. The summed E-state index contributed by atoms with van der Waals surface area (Å²) in [6, 6.07) is 13.8. The molecule has 0 saturated heterocycles. The van der Waals surface area contributed by atoms with E-state index in [1.807, 2.05) is 54.0 Å². The van der Waals surface area contributed by atoms with Crippen molar-refractivity contribution in [3.63, 3.8) is 0 Å². The van der Waals surface area contributed by atoms with E-state index in [1.54, 1.807) is 0 Å². The summed E-state index contributed by atoms with van der Waals surface area (Å²) in [6.45, 7) is 6.00. The van der Waals surface area contributed by atoms with E-state index in [-0.39, 0.29) is 17.6 Å². The number of nitrogens with two attached hydrogens (primary N) is 1. The van der Waals surface area contributed by atoms with Crippen molar-refractivity contribution in [2.24, 2.45) is 5.73 Å². The molecule has 2 unspecified atom stereocenters. The van der Waals surface area contributed by atoms with Crippen molar-refractivity contribution >= 4 is 0 Å². The lowest BCUT2D eigenvalue weighted by Gasteiger charge is -2.21. The van der Waals surface area contributed by atoms with Gasteiger partial charge in [0, 0.05) is 17.6 Å². The van der Waals surface area contributed by atoms with E-state index in [0.29, 0.717) is 5.56 Å². The minimum Gasteiger partial charge on any atom is -0.324 e. The van der Waals surface area contributed by atoms with Crippen molar-refractivity contribution in [2.45, 2.75) is 39.3 Å². The molecule has 0 saturated carbocycles. The monoisotopic (exact) mass is 270 g/mol. The van der Waals surface area contributed by atoms with Gasteiger partial charge in [-0.2, -0.15) is 0 Å². The quantitative estimate of drug-likeness (QED) is 0.924. The predicted octanol–water partition coefficient (Wildman–Crippen LogP) is 3.51. The lowest BCUT2D eigenvalue weighted by Crippen LogP contribution is -2.30. The van der Waals surface area contributed by atoms with Gasteiger partial charge in [0.05, 0.1) is 5.69 Å². The van der Waals surface area contributed by atoms with Gasteiger partial charge in [-0.05, 0) is 38.0 Å². The highest BCUT2D eigenvalue weighted by atomic mass is 16.1. The van der Waals surface area contributed by atoms with Gasteiger partial charge in [-0.1, -0.05) is 37.3 Å². The molecule has 2 rings (SSSR count). The minimum absolute atomic E-state index is 0.0238. The second-order valence-electron chi connectivity index (χ2n) is 5.26. The van der Waals surface area contributed by atoms with Crippen LogP contribution < -0.4 is 11.3 Å². The van der Waals surface area contributed by atoms with Crippen LogP contribution >= 0.6 is 0 Å². The molecule has 0 amide bonds. The van der Waals surface area contributed by atoms with E-state index in [2.05, 4.69) is 13.8 Å². The Hall–Kier alpha value is -1.87. The first-order valence-corrected chi connectivity index (χ1v) is 7.12. The lowest BCUT2D eigenvalue weighted by atomic mass is 10.1. The van der Waals surface area contributed by atoms with Crippen molar-refractivity contribution in [3.8, 4) is 11.3 Å². The largest absolute Gasteiger partial charge is 0.324 e. The summed E-state index contributed by atoms with van der Waals surface area (Å²) in [6.07, 6.45) is 0.905. The fourth-order valence-corrected chi connectivity index (χ4v) is 2.38. The normalized spacial score (nSPS) is 14.0. The van der Waals surface area contributed by atoms with Crippen LogP contribution in [0.25, 0.3) is 11.3 Å². The third-order valence-corrected chi connectivity index (χ3v) is 3.74. The number of rotatable bonds is 4. The van der Waals surface area contributed by atoms with Crippen LogP contribution in [0.15, 0.2) is 47.3 Å². The SMILES string of the molecule is CCC(C)n1c(-c2ccccc2)ccc(C(C)N)c1=O. The number of pyridine rings is 1.